The largest absolute Gasteiger partial charge is 0.330 e. The highest BCUT2D eigenvalue weighted by atomic mass is 32.1. The molecule has 0 aromatic carbocycles. The molecule has 84 valence electrons. The van der Waals surface area contributed by atoms with Crippen molar-refractivity contribution in [3.8, 4) is 0 Å². The van der Waals surface area contributed by atoms with Crippen LogP contribution >= 0.6 is 11.3 Å². The van der Waals surface area contributed by atoms with Crippen molar-refractivity contribution in [2.75, 3.05) is 13.1 Å². The zero-order chi connectivity index (χ0) is 10.7. The van der Waals surface area contributed by atoms with E-state index >= 15 is 0 Å². The van der Waals surface area contributed by atoms with Gasteiger partial charge in [-0.2, -0.15) is 0 Å². The van der Waals surface area contributed by atoms with Crippen molar-refractivity contribution in [2.45, 2.75) is 32.4 Å². The number of nitrogens with zero attached hydrogens (tertiary/aromatic N) is 1. The standard InChI is InChI=1S/C12H20N2S/c1-10(7-13)8-14(11-4-5-11)9-12-3-2-6-15-12/h2-3,6,10-11H,4-5,7-9,13H2,1H3. The third-order valence-corrected chi connectivity index (χ3v) is 3.81. The van der Waals surface area contributed by atoms with E-state index in [1.165, 1.54) is 17.7 Å². The Balaban J connectivity index is 1.88. The molecule has 2 N–H and O–H groups in total. The highest BCUT2D eigenvalue weighted by Crippen LogP contribution is 2.29. The molecule has 0 spiro atoms. The fourth-order valence-electron chi connectivity index (χ4n) is 1.86. The Labute approximate surface area is 96.1 Å². The molecule has 1 aromatic rings. The molecule has 1 heterocycles. The first kappa shape index (κ1) is 11.1. The second-order valence-electron chi connectivity index (χ2n) is 4.58. The van der Waals surface area contributed by atoms with Crippen molar-refractivity contribution in [3.05, 3.63) is 22.4 Å². The molecule has 2 nitrogen and oxygen atoms in total. The molecule has 1 fully saturated rings. The Bertz CT molecular complexity index is 280. The summed E-state index contributed by atoms with van der Waals surface area (Å²) in [5.74, 6) is 0.616. The molecular weight excluding hydrogens is 204 g/mol. The summed E-state index contributed by atoms with van der Waals surface area (Å²) in [5, 5.41) is 2.16. The summed E-state index contributed by atoms with van der Waals surface area (Å²) in [6.45, 7) is 5.31. The Morgan fingerprint density at radius 3 is 2.93 bits per heavy atom. The Hall–Kier alpha value is -0.380. The Morgan fingerprint density at radius 1 is 1.60 bits per heavy atom. The zero-order valence-corrected chi connectivity index (χ0v) is 10.2. The molecular formula is C12H20N2S. The SMILES string of the molecule is CC(CN)CN(Cc1cccs1)C1CC1. The normalized spacial score (nSPS) is 18.3. The van der Waals surface area contributed by atoms with Crippen molar-refractivity contribution in [2.24, 2.45) is 11.7 Å². The molecule has 1 aromatic heterocycles. The molecule has 0 bridgehead atoms. The zero-order valence-electron chi connectivity index (χ0n) is 9.36. The smallest absolute Gasteiger partial charge is 0.0330 e. The molecule has 3 heteroatoms. The van der Waals surface area contributed by atoms with E-state index in [-0.39, 0.29) is 0 Å². The van der Waals surface area contributed by atoms with E-state index in [1.54, 1.807) is 0 Å². The van der Waals surface area contributed by atoms with E-state index < -0.39 is 0 Å². The highest BCUT2D eigenvalue weighted by Gasteiger charge is 2.29. The maximum absolute atomic E-state index is 5.69. The maximum atomic E-state index is 5.69. The summed E-state index contributed by atoms with van der Waals surface area (Å²) in [4.78, 5) is 4.08. The number of rotatable bonds is 6. The van der Waals surface area contributed by atoms with Crippen molar-refractivity contribution < 1.29 is 0 Å². The van der Waals surface area contributed by atoms with Gasteiger partial charge >= 0.3 is 0 Å². The van der Waals surface area contributed by atoms with Gasteiger partial charge in [0.2, 0.25) is 0 Å². The van der Waals surface area contributed by atoms with Gasteiger partial charge in [0.25, 0.3) is 0 Å². The molecule has 1 unspecified atom stereocenters. The summed E-state index contributed by atoms with van der Waals surface area (Å²) in [7, 11) is 0. The van der Waals surface area contributed by atoms with Gasteiger partial charge < -0.3 is 5.73 Å². The molecule has 1 aliphatic rings. The number of thiophene rings is 1. The van der Waals surface area contributed by atoms with E-state index in [9.17, 15) is 0 Å². The first-order valence-corrected chi connectivity index (χ1v) is 6.64. The molecule has 0 saturated heterocycles. The number of nitrogens with two attached hydrogens (primary N) is 1. The van der Waals surface area contributed by atoms with Gasteiger partial charge in [-0.25, -0.2) is 0 Å². The first-order valence-electron chi connectivity index (χ1n) is 5.76. The second kappa shape index (κ2) is 5.10. The van der Waals surface area contributed by atoms with Crippen LogP contribution in [0.3, 0.4) is 0 Å². The second-order valence-corrected chi connectivity index (χ2v) is 5.61. The fourth-order valence-corrected chi connectivity index (χ4v) is 2.59. The molecule has 2 rings (SSSR count). The quantitative estimate of drug-likeness (QED) is 0.803. The van der Waals surface area contributed by atoms with Gasteiger partial charge in [0.1, 0.15) is 0 Å². The van der Waals surface area contributed by atoms with Crippen molar-refractivity contribution >= 4 is 11.3 Å². The lowest BCUT2D eigenvalue weighted by Crippen LogP contribution is -2.32. The molecule has 15 heavy (non-hydrogen) atoms. The predicted octanol–water partition coefficient (Wildman–Crippen LogP) is 2.31. The van der Waals surface area contributed by atoms with Crippen molar-refractivity contribution in [1.82, 2.24) is 4.90 Å². The first-order chi connectivity index (χ1) is 7.29. The van der Waals surface area contributed by atoms with Gasteiger partial charge in [-0.1, -0.05) is 13.0 Å². The minimum absolute atomic E-state index is 0.616. The van der Waals surface area contributed by atoms with E-state index in [1.807, 2.05) is 11.3 Å². The van der Waals surface area contributed by atoms with Crippen LogP contribution in [-0.4, -0.2) is 24.0 Å². The van der Waals surface area contributed by atoms with E-state index in [2.05, 4.69) is 29.3 Å². The topological polar surface area (TPSA) is 29.3 Å². The van der Waals surface area contributed by atoms with Gasteiger partial charge in [0.05, 0.1) is 0 Å². The van der Waals surface area contributed by atoms with E-state index in [0.29, 0.717) is 5.92 Å². The number of hydrogen-bond acceptors (Lipinski definition) is 3. The Morgan fingerprint density at radius 2 is 2.40 bits per heavy atom. The van der Waals surface area contributed by atoms with E-state index in [0.717, 1.165) is 25.7 Å². The van der Waals surface area contributed by atoms with Gasteiger partial charge in [0.15, 0.2) is 0 Å². The summed E-state index contributed by atoms with van der Waals surface area (Å²) < 4.78 is 0. The predicted molar refractivity (Wildman–Crippen MR) is 66.0 cm³/mol. The number of hydrogen-bond donors (Lipinski definition) is 1. The molecule has 1 atom stereocenters. The van der Waals surface area contributed by atoms with Gasteiger partial charge in [-0.3, -0.25) is 4.90 Å². The average molecular weight is 224 g/mol. The summed E-state index contributed by atoms with van der Waals surface area (Å²) in [5.41, 5.74) is 5.69. The van der Waals surface area contributed by atoms with Crippen LogP contribution in [0.5, 0.6) is 0 Å². The fraction of sp³-hybridized carbons (Fsp3) is 0.667. The van der Waals surface area contributed by atoms with E-state index in [4.69, 9.17) is 5.73 Å². The minimum atomic E-state index is 0.616. The lowest BCUT2D eigenvalue weighted by molar-refractivity contribution is 0.223. The lowest BCUT2D eigenvalue weighted by Gasteiger charge is -2.24. The van der Waals surface area contributed by atoms with Crippen LogP contribution in [0.4, 0.5) is 0 Å². The summed E-state index contributed by atoms with van der Waals surface area (Å²) in [6.07, 6.45) is 2.76. The third kappa shape index (κ3) is 3.30. The van der Waals surface area contributed by atoms with Crippen LogP contribution in [0, 0.1) is 5.92 Å². The van der Waals surface area contributed by atoms with Crippen molar-refractivity contribution in [3.63, 3.8) is 0 Å². The average Bonchev–Trinajstić information content (AvgIpc) is 2.97. The molecule has 0 aliphatic heterocycles. The van der Waals surface area contributed by atoms with Crippen LogP contribution in [0.2, 0.25) is 0 Å². The van der Waals surface area contributed by atoms with Gasteiger partial charge in [-0.05, 0) is 36.8 Å². The third-order valence-electron chi connectivity index (χ3n) is 2.95. The minimum Gasteiger partial charge on any atom is -0.330 e. The van der Waals surface area contributed by atoms with Crippen LogP contribution in [0.15, 0.2) is 17.5 Å². The molecule has 1 saturated carbocycles. The lowest BCUT2D eigenvalue weighted by atomic mass is 10.1. The Kier molecular flexibility index (Phi) is 3.78. The molecule has 0 radical (unpaired) electrons. The van der Waals surface area contributed by atoms with Crippen LogP contribution in [0.25, 0.3) is 0 Å². The van der Waals surface area contributed by atoms with Crippen molar-refractivity contribution in [1.29, 1.82) is 0 Å². The van der Waals surface area contributed by atoms with Crippen LogP contribution in [0.1, 0.15) is 24.6 Å². The monoisotopic (exact) mass is 224 g/mol. The van der Waals surface area contributed by atoms with Gasteiger partial charge in [-0.15, -0.1) is 11.3 Å². The van der Waals surface area contributed by atoms with Gasteiger partial charge in [0, 0.05) is 24.0 Å². The summed E-state index contributed by atoms with van der Waals surface area (Å²) in [6, 6.07) is 5.20. The molecule has 0 amide bonds. The summed E-state index contributed by atoms with van der Waals surface area (Å²) >= 11 is 1.86. The highest BCUT2D eigenvalue weighted by molar-refractivity contribution is 7.09. The maximum Gasteiger partial charge on any atom is 0.0330 e. The van der Waals surface area contributed by atoms with Crippen LogP contribution < -0.4 is 5.73 Å². The van der Waals surface area contributed by atoms with Crippen LogP contribution in [-0.2, 0) is 6.54 Å². The molecule has 1 aliphatic carbocycles.